The van der Waals surface area contributed by atoms with Gasteiger partial charge in [0.25, 0.3) is 0 Å². The van der Waals surface area contributed by atoms with Gasteiger partial charge in [0.05, 0.1) is 30.1 Å². The van der Waals surface area contributed by atoms with Crippen LogP contribution in [0.15, 0.2) is 77.8 Å². The largest absolute Gasteiger partial charge is 0.465 e. The Morgan fingerprint density at radius 2 is 1.74 bits per heavy atom. The summed E-state index contributed by atoms with van der Waals surface area (Å²) in [5.41, 5.74) is 4.85. The molecule has 1 heterocycles. The van der Waals surface area contributed by atoms with Crippen molar-refractivity contribution < 1.29 is 19.1 Å². The van der Waals surface area contributed by atoms with Gasteiger partial charge in [-0.05, 0) is 81.4 Å². The molecule has 3 aromatic carbocycles. The number of carbonyl (C=O) groups excluding carboxylic acids is 3. The van der Waals surface area contributed by atoms with Crippen LogP contribution in [0.3, 0.4) is 0 Å². The Morgan fingerprint density at radius 3 is 2.38 bits per heavy atom. The Kier molecular flexibility index (Phi) is 8.88. The van der Waals surface area contributed by atoms with Crippen LogP contribution in [0.2, 0.25) is 0 Å². The molecule has 0 saturated carbocycles. The normalized spacial score (nSPS) is 15.5. The van der Waals surface area contributed by atoms with Gasteiger partial charge in [0, 0.05) is 17.9 Å². The van der Waals surface area contributed by atoms with E-state index in [4.69, 9.17) is 9.73 Å². The van der Waals surface area contributed by atoms with Crippen molar-refractivity contribution in [2.45, 2.75) is 31.7 Å². The molecule has 0 aliphatic carbocycles. The highest BCUT2D eigenvalue weighted by Gasteiger charge is 2.36. The maximum atomic E-state index is 13.2. The van der Waals surface area contributed by atoms with E-state index < -0.39 is 11.9 Å². The number of hydrogen-bond acceptors (Lipinski definition) is 7. The number of benzene rings is 3. The van der Waals surface area contributed by atoms with Crippen molar-refractivity contribution in [3.05, 3.63) is 89.5 Å². The quantitative estimate of drug-likeness (QED) is 0.206. The predicted octanol–water partition coefficient (Wildman–Crippen LogP) is 5.04. The van der Waals surface area contributed by atoms with Crippen molar-refractivity contribution in [1.82, 2.24) is 4.90 Å². The minimum Gasteiger partial charge on any atom is -0.465 e. The molecule has 202 valence electrons. The second kappa shape index (κ2) is 12.5. The molecule has 1 aliphatic heterocycles. The van der Waals surface area contributed by atoms with E-state index in [-0.39, 0.29) is 17.7 Å². The van der Waals surface area contributed by atoms with Gasteiger partial charge in [-0.25, -0.2) is 4.79 Å². The maximum absolute atomic E-state index is 13.2. The summed E-state index contributed by atoms with van der Waals surface area (Å²) in [6.07, 6.45) is 1.67. The second-order valence-corrected chi connectivity index (χ2v) is 9.78. The summed E-state index contributed by atoms with van der Waals surface area (Å²) in [6, 6.07) is 22.4. The van der Waals surface area contributed by atoms with Crippen molar-refractivity contribution in [2.24, 2.45) is 4.99 Å². The molecular formula is C31H34N4O4. The van der Waals surface area contributed by atoms with E-state index in [0.717, 1.165) is 41.9 Å². The van der Waals surface area contributed by atoms with Crippen LogP contribution in [-0.4, -0.2) is 62.1 Å². The number of Topliss-reactive ketones (excluding diaryl/α,β-unsaturated/α-hetero) is 1. The Hall–Kier alpha value is -4.30. The third kappa shape index (κ3) is 6.59. The minimum absolute atomic E-state index is 0.0649. The Bertz CT molecular complexity index is 1370. The Labute approximate surface area is 229 Å². The molecule has 0 radical (unpaired) electrons. The maximum Gasteiger partial charge on any atom is 0.337 e. The third-order valence-electron chi connectivity index (χ3n) is 6.84. The number of anilines is 2. The topological polar surface area (TPSA) is 100 Å². The number of nitrogens with zero attached hydrogens (tertiary/aromatic N) is 2. The molecule has 4 rings (SSSR count). The van der Waals surface area contributed by atoms with E-state index in [1.807, 2.05) is 73.6 Å². The lowest BCUT2D eigenvalue weighted by molar-refractivity contribution is -0.121. The second-order valence-electron chi connectivity index (χ2n) is 9.78. The lowest BCUT2D eigenvalue weighted by Crippen LogP contribution is -2.34. The number of amides is 1. The molecule has 1 aliphatic rings. The molecule has 39 heavy (non-hydrogen) atoms. The number of rotatable bonds is 11. The lowest BCUT2D eigenvalue weighted by Gasteiger charge is -2.21. The van der Waals surface area contributed by atoms with Gasteiger partial charge in [-0.1, -0.05) is 36.4 Å². The van der Waals surface area contributed by atoms with Crippen LogP contribution in [0.25, 0.3) is 0 Å². The Balaban J connectivity index is 1.54. The number of fused-ring (bicyclic) bond motifs is 1. The molecule has 2 unspecified atom stereocenters. The first kappa shape index (κ1) is 27.7. The highest BCUT2D eigenvalue weighted by atomic mass is 16.5. The molecule has 0 spiro atoms. The van der Waals surface area contributed by atoms with Crippen molar-refractivity contribution in [1.29, 1.82) is 0 Å². The monoisotopic (exact) mass is 526 g/mol. The molecule has 0 aromatic heterocycles. The molecular weight excluding hydrogens is 492 g/mol. The van der Waals surface area contributed by atoms with Crippen molar-refractivity contribution in [3.8, 4) is 0 Å². The van der Waals surface area contributed by atoms with E-state index in [9.17, 15) is 14.4 Å². The van der Waals surface area contributed by atoms with Crippen LogP contribution in [-0.2, 0) is 14.3 Å². The first-order valence-corrected chi connectivity index (χ1v) is 13.0. The van der Waals surface area contributed by atoms with Crippen LogP contribution in [0.1, 0.15) is 47.2 Å². The average molecular weight is 527 g/mol. The third-order valence-corrected chi connectivity index (χ3v) is 6.84. The van der Waals surface area contributed by atoms with Crippen molar-refractivity contribution >= 4 is 40.4 Å². The highest BCUT2D eigenvalue weighted by molar-refractivity contribution is 6.24. The van der Waals surface area contributed by atoms with Crippen LogP contribution >= 0.6 is 0 Å². The Morgan fingerprint density at radius 1 is 1.03 bits per heavy atom. The van der Waals surface area contributed by atoms with Crippen LogP contribution < -0.4 is 10.6 Å². The molecule has 8 heteroatoms. The molecule has 2 N–H and O–H groups in total. The van der Waals surface area contributed by atoms with Gasteiger partial charge in [-0.15, -0.1) is 0 Å². The number of hydrogen-bond donors (Lipinski definition) is 2. The number of aliphatic imine (C=N–C) groups is 1. The molecule has 0 fully saturated rings. The summed E-state index contributed by atoms with van der Waals surface area (Å²) in [5.74, 6) is -1.11. The lowest BCUT2D eigenvalue weighted by atomic mass is 9.90. The summed E-state index contributed by atoms with van der Waals surface area (Å²) in [7, 11) is 5.18. The smallest absolute Gasteiger partial charge is 0.337 e. The van der Waals surface area contributed by atoms with E-state index in [1.54, 1.807) is 25.1 Å². The van der Waals surface area contributed by atoms with E-state index in [2.05, 4.69) is 10.6 Å². The van der Waals surface area contributed by atoms with E-state index in [0.29, 0.717) is 17.0 Å². The predicted molar refractivity (Wildman–Crippen MR) is 154 cm³/mol. The van der Waals surface area contributed by atoms with E-state index >= 15 is 0 Å². The average Bonchev–Trinajstić information content (AvgIpc) is 3.26. The van der Waals surface area contributed by atoms with Gasteiger partial charge in [0.2, 0.25) is 5.91 Å². The highest BCUT2D eigenvalue weighted by Crippen LogP contribution is 2.37. The van der Waals surface area contributed by atoms with Gasteiger partial charge in [-0.2, -0.15) is 0 Å². The SMILES string of the molecule is COC(=O)c1ccc2c(c1)NC(=O)C2C(=Nc1ccc(NCCCC(C(C)=O)N(C)C)cc1)c1ccccc1. The van der Waals surface area contributed by atoms with Gasteiger partial charge in [0.1, 0.15) is 11.7 Å². The van der Waals surface area contributed by atoms with Crippen molar-refractivity contribution in [3.63, 3.8) is 0 Å². The fourth-order valence-corrected chi connectivity index (χ4v) is 4.83. The summed E-state index contributed by atoms with van der Waals surface area (Å²) in [6.45, 7) is 2.39. The first-order valence-electron chi connectivity index (χ1n) is 13.0. The number of nitrogens with one attached hydrogen (secondary N) is 2. The zero-order chi connectivity index (χ0) is 27.9. The molecule has 1 amide bonds. The van der Waals surface area contributed by atoms with Crippen LogP contribution in [0, 0.1) is 0 Å². The number of carbonyl (C=O) groups is 3. The van der Waals surface area contributed by atoms with Gasteiger partial charge < -0.3 is 15.4 Å². The zero-order valence-corrected chi connectivity index (χ0v) is 22.7. The number of esters is 1. The number of likely N-dealkylation sites (N-methyl/N-ethyl adjacent to an activating group) is 1. The number of ether oxygens (including phenoxy) is 1. The number of ketones is 1. The molecule has 3 aromatic rings. The minimum atomic E-state index is -0.627. The fraction of sp³-hybridized carbons (Fsp3) is 0.290. The summed E-state index contributed by atoms with van der Waals surface area (Å²) < 4.78 is 4.82. The molecule has 8 nitrogen and oxygen atoms in total. The van der Waals surface area contributed by atoms with Crippen molar-refractivity contribution in [2.75, 3.05) is 38.4 Å². The molecule has 0 saturated heterocycles. The van der Waals surface area contributed by atoms with Gasteiger partial charge >= 0.3 is 5.97 Å². The molecule has 2 atom stereocenters. The summed E-state index contributed by atoms with van der Waals surface area (Å²) in [4.78, 5) is 43.8. The standard InChI is InChI=1S/C31H34N4O4/c1-20(36)27(35(2)3)11-8-18-32-23-13-15-24(16-14-23)33-29(21-9-6-5-7-10-21)28-25-17-12-22(31(38)39-4)19-26(25)34-30(28)37/h5-7,9-10,12-17,19,27-28,32H,8,11,18H2,1-4H3,(H,34,37). The molecule has 0 bridgehead atoms. The zero-order valence-electron chi connectivity index (χ0n) is 22.7. The summed E-state index contributed by atoms with van der Waals surface area (Å²) >= 11 is 0. The summed E-state index contributed by atoms with van der Waals surface area (Å²) in [5, 5.41) is 6.30. The van der Waals surface area contributed by atoms with Gasteiger partial charge in [0.15, 0.2) is 0 Å². The van der Waals surface area contributed by atoms with Gasteiger partial charge in [-0.3, -0.25) is 19.5 Å². The fourth-order valence-electron chi connectivity index (χ4n) is 4.83. The van der Waals surface area contributed by atoms with Crippen LogP contribution in [0.4, 0.5) is 17.1 Å². The number of methoxy groups -OCH3 is 1. The van der Waals surface area contributed by atoms with E-state index in [1.165, 1.54) is 7.11 Å². The first-order chi connectivity index (χ1) is 18.8. The van der Waals surface area contributed by atoms with Crippen LogP contribution in [0.5, 0.6) is 0 Å².